The van der Waals surface area contributed by atoms with E-state index >= 15 is 0 Å². The first kappa shape index (κ1) is 18.6. The van der Waals surface area contributed by atoms with Gasteiger partial charge in [-0.3, -0.25) is 10.1 Å². The molecule has 0 amide bonds. The van der Waals surface area contributed by atoms with Crippen molar-refractivity contribution in [3.8, 4) is 0 Å². The van der Waals surface area contributed by atoms with Gasteiger partial charge in [-0.25, -0.2) is 8.42 Å². The highest BCUT2D eigenvalue weighted by Crippen LogP contribution is 2.32. The van der Waals surface area contributed by atoms with Gasteiger partial charge in [0.15, 0.2) is 0 Å². The van der Waals surface area contributed by atoms with E-state index in [4.69, 9.17) is 11.6 Å². The van der Waals surface area contributed by atoms with E-state index in [1.54, 1.807) is 24.3 Å². The van der Waals surface area contributed by atoms with Gasteiger partial charge in [-0.2, -0.15) is 4.31 Å². The lowest BCUT2D eigenvalue weighted by Crippen LogP contribution is -2.49. The lowest BCUT2D eigenvalue weighted by Gasteiger charge is -2.35. The number of piperazine rings is 1. The second-order valence-corrected chi connectivity index (χ2v) is 8.42. The molecule has 2 aromatic rings. The first-order chi connectivity index (χ1) is 12.4. The summed E-state index contributed by atoms with van der Waals surface area (Å²) in [5, 5.41) is 11.6. The van der Waals surface area contributed by atoms with Gasteiger partial charge in [0, 0.05) is 37.3 Å². The molecule has 0 radical (unpaired) electrons. The van der Waals surface area contributed by atoms with Gasteiger partial charge in [0.2, 0.25) is 10.0 Å². The van der Waals surface area contributed by atoms with Crippen LogP contribution in [-0.4, -0.2) is 43.8 Å². The number of rotatable bonds is 5. The zero-order valence-electron chi connectivity index (χ0n) is 13.9. The third-order valence-electron chi connectivity index (χ3n) is 4.30. The third kappa shape index (κ3) is 4.14. The van der Waals surface area contributed by atoms with Crippen molar-refractivity contribution in [2.75, 3.05) is 31.1 Å². The van der Waals surface area contributed by atoms with Gasteiger partial charge in [0.25, 0.3) is 5.69 Å². The molecule has 0 aromatic heterocycles. The largest absolute Gasteiger partial charge is 0.363 e. The van der Waals surface area contributed by atoms with Crippen LogP contribution < -0.4 is 4.90 Å². The van der Waals surface area contributed by atoms with Gasteiger partial charge in [0.05, 0.1) is 10.7 Å². The number of hydrogen-bond donors (Lipinski definition) is 0. The number of benzene rings is 2. The van der Waals surface area contributed by atoms with E-state index in [1.165, 1.54) is 10.4 Å². The van der Waals surface area contributed by atoms with E-state index in [0.29, 0.717) is 23.8 Å². The molecule has 0 spiro atoms. The summed E-state index contributed by atoms with van der Waals surface area (Å²) in [5.74, 6) is -0.0467. The zero-order chi connectivity index (χ0) is 18.7. The molecule has 0 atom stereocenters. The third-order valence-corrected chi connectivity index (χ3v) is 6.38. The van der Waals surface area contributed by atoms with Crippen LogP contribution in [0.5, 0.6) is 0 Å². The minimum absolute atomic E-state index is 0.0467. The standard InChI is InChI=1S/C17H18ClN3O4S/c18-15-6-7-16(17(12-15)21(22)23)19-8-10-20(11-9-19)26(24,25)13-14-4-2-1-3-5-14/h1-7,12H,8-11,13H2. The summed E-state index contributed by atoms with van der Waals surface area (Å²) in [4.78, 5) is 12.6. The maximum Gasteiger partial charge on any atom is 0.294 e. The average Bonchev–Trinajstić information content (AvgIpc) is 2.62. The predicted molar refractivity (Wildman–Crippen MR) is 101 cm³/mol. The van der Waals surface area contributed by atoms with E-state index in [9.17, 15) is 18.5 Å². The Morgan fingerprint density at radius 3 is 2.31 bits per heavy atom. The molecule has 1 fully saturated rings. The van der Waals surface area contributed by atoms with E-state index in [2.05, 4.69) is 0 Å². The molecule has 0 unspecified atom stereocenters. The fourth-order valence-electron chi connectivity index (χ4n) is 2.99. The van der Waals surface area contributed by atoms with Gasteiger partial charge in [-0.15, -0.1) is 0 Å². The second kappa shape index (κ2) is 7.61. The van der Waals surface area contributed by atoms with Crippen LogP contribution in [0.3, 0.4) is 0 Å². The van der Waals surface area contributed by atoms with E-state index in [1.807, 2.05) is 23.1 Å². The predicted octanol–water partition coefficient (Wildman–Crippen LogP) is 2.90. The molecule has 1 aliphatic rings. The Morgan fingerprint density at radius 2 is 1.69 bits per heavy atom. The van der Waals surface area contributed by atoms with Gasteiger partial charge in [-0.05, 0) is 17.7 Å². The highest BCUT2D eigenvalue weighted by molar-refractivity contribution is 7.88. The number of nitro groups is 1. The number of halogens is 1. The number of anilines is 1. The van der Waals surface area contributed by atoms with E-state index in [-0.39, 0.29) is 24.5 Å². The summed E-state index contributed by atoms with van der Waals surface area (Å²) in [6.45, 7) is 1.34. The van der Waals surface area contributed by atoms with Crippen LogP contribution in [0.15, 0.2) is 48.5 Å². The molecule has 138 valence electrons. The van der Waals surface area contributed by atoms with Crippen LogP contribution in [0.1, 0.15) is 5.56 Å². The Balaban J connectivity index is 1.71. The van der Waals surface area contributed by atoms with Crippen LogP contribution in [0.4, 0.5) is 11.4 Å². The van der Waals surface area contributed by atoms with Gasteiger partial charge in [0.1, 0.15) is 5.69 Å². The summed E-state index contributed by atoms with van der Waals surface area (Å²) in [6.07, 6.45) is 0. The van der Waals surface area contributed by atoms with Crippen LogP contribution >= 0.6 is 11.6 Å². The molecular weight excluding hydrogens is 378 g/mol. The summed E-state index contributed by atoms with van der Waals surface area (Å²) in [6, 6.07) is 13.5. The van der Waals surface area contributed by atoms with Gasteiger partial charge < -0.3 is 4.90 Å². The minimum Gasteiger partial charge on any atom is -0.363 e. The molecule has 1 saturated heterocycles. The summed E-state index contributed by atoms with van der Waals surface area (Å²) >= 11 is 5.85. The maximum absolute atomic E-state index is 12.6. The van der Waals surface area contributed by atoms with Gasteiger partial charge >= 0.3 is 0 Å². The molecule has 0 aliphatic carbocycles. The Hall–Kier alpha value is -2.16. The van der Waals surface area contributed by atoms with Gasteiger partial charge in [-0.1, -0.05) is 41.9 Å². The zero-order valence-corrected chi connectivity index (χ0v) is 15.5. The maximum atomic E-state index is 12.6. The van der Waals surface area contributed by atoms with Crippen molar-refractivity contribution in [2.24, 2.45) is 0 Å². The number of sulfonamides is 1. The van der Waals surface area contributed by atoms with Crippen molar-refractivity contribution in [3.05, 3.63) is 69.2 Å². The molecule has 0 saturated carbocycles. The fourth-order valence-corrected chi connectivity index (χ4v) is 4.68. The molecule has 0 N–H and O–H groups in total. The normalized spacial score (nSPS) is 15.8. The molecule has 7 nitrogen and oxygen atoms in total. The molecule has 0 bridgehead atoms. The van der Waals surface area contributed by atoms with Crippen molar-refractivity contribution < 1.29 is 13.3 Å². The van der Waals surface area contributed by atoms with Crippen LogP contribution in [0.2, 0.25) is 5.02 Å². The highest BCUT2D eigenvalue weighted by Gasteiger charge is 2.29. The first-order valence-electron chi connectivity index (χ1n) is 8.07. The molecule has 3 rings (SSSR count). The van der Waals surface area contributed by atoms with Crippen molar-refractivity contribution in [3.63, 3.8) is 0 Å². The topological polar surface area (TPSA) is 83.8 Å². The summed E-state index contributed by atoms with van der Waals surface area (Å²) < 4.78 is 26.6. The average molecular weight is 396 g/mol. The number of nitrogens with zero attached hydrogens (tertiary/aromatic N) is 3. The van der Waals surface area contributed by atoms with Crippen molar-refractivity contribution in [1.29, 1.82) is 0 Å². The first-order valence-corrected chi connectivity index (χ1v) is 10.1. The van der Waals surface area contributed by atoms with Crippen molar-refractivity contribution in [1.82, 2.24) is 4.31 Å². The Kier molecular flexibility index (Phi) is 5.45. The van der Waals surface area contributed by atoms with Crippen LogP contribution in [-0.2, 0) is 15.8 Å². The molecule has 2 aromatic carbocycles. The lowest BCUT2D eigenvalue weighted by atomic mass is 10.2. The Labute approximate surface area is 157 Å². The monoisotopic (exact) mass is 395 g/mol. The lowest BCUT2D eigenvalue weighted by molar-refractivity contribution is -0.384. The number of nitro benzene ring substituents is 1. The molecular formula is C17H18ClN3O4S. The minimum atomic E-state index is -3.42. The van der Waals surface area contributed by atoms with Crippen molar-refractivity contribution >= 4 is 33.0 Å². The molecule has 26 heavy (non-hydrogen) atoms. The SMILES string of the molecule is O=[N+]([O-])c1cc(Cl)ccc1N1CCN(S(=O)(=O)Cc2ccccc2)CC1. The second-order valence-electron chi connectivity index (χ2n) is 6.02. The van der Waals surface area contributed by atoms with Crippen LogP contribution in [0.25, 0.3) is 0 Å². The molecule has 1 aliphatic heterocycles. The van der Waals surface area contributed by atoms with Crippen LogP contribution in [0, 0.1) is 10.1 Å². The number of hydrogen-bond acceptors (Lipinski definition) is 5. The molecule has 9 heteroatoms. The quantitative estimate of drug-likeness (QED) is 0.574. The van der Waals surface area contributed by atoms with E-state index < -0.39 is 14.9 Å². The fraction of sp³-hybridized carbons (Fsp3) is 0.294. The van der Waals surface area contributed by atoms with E-state index in [0.717, 1.165) is 5.56 Å². The smallest absolute Gasteiger partial charge is 0.294 e. The molecule has 1 heterocycles. The summed E-state index contributed by atoms with van der Waals surface area (Å²) in [7, 11) is -3.42. The summed E-state index contributed by atoms with van der Waals surface area (Å²) in [5.41, 5.74) is 1.13. The van der Waals surface area contributed by atoms with Crippen molar-refractivity contribution in [2.45, 2.75) is 5.75 Å². The highest BCUT2D eigenvalue weighted by atomic mass is 35.5. The Bertz CT molecular complexity index is 897. The Morgan fingerprint density at radius 1 is 1.04 bits per heavy atom.